The summed E-state index contributed by atoms with van der Waals surface area (Å²) in [6, 6.07) is 0. The molecule has 1 aliphatic rings. The average molecular weight is 242 g/mol. The molecule has 1 unspecified atom stereocenters. The average Bonchev–Trinajstić information content (AvgIpc) is 2.10. The molecule has 0 aromatic heterocycles. The molecule has 4 nitrogen and oxygen atoms in total. The van der Waals surface area contributed by atoms with Crippen LogP contribution < -0.4 is 10.6 Å². The maximum absolute atomic E-state index is 11.5. The fourth-order valence-corrected chi connectivity index (χ4v) is 2.23. The normalized spacial score (nSPS) is 24.2. The number of nitrogens with one attached hydrogen (secondary N) is 2. The molecule has 0 spiro atoms. The molecule has 1 amide bonds. The smallest absolute Gasteiger partial charge is 0.407 e. The number of amides is 1. The summed E-state index contributed by atoms with van der Waals surface area (Å²) < 4.78 is 5.22. The van der Waals surface area contributed by atoms with E-state index in [1.807, 2.05) is 20.8 Å². The molecule has 1 aliphatic heterocycles. The molecule has 0 radical (unpaired) electrons. The van der Waals surface area contributed by atoms with Crippen molar-refractivity contribution in [2.45, 2.75) is 58.6 Å². The van der Waals surface area contributed by atoms with Crippen molar-refractivity contribution < 1.29 is 9.53 Å². The number of rotatable bonds is 2. The zero-order chi connectivity index (χ0) is 13.1. The Morgan fingerprint density at radius 2 is 2.12 bits per heavy atom. The highest BCUT2D eigenvalue weighted by Gasteiger charge is 2.27. The van der Waals surface area contributed by atoms with Gasteiger partial charge in [-0.1, -0.05) is 0 Å². The molecule has 4 heteroatoms. The highest BCUT2D eigenvalue weighted by molar-refractivity contribution is 5.67. The molecule has 0 aromatic carbocycles. The number of hydrogen-bond acceptors (Lipinski definition) is 3. The van der Waals surface area contributed by atoms with Crippen LogP contribution in [0.3, 0.4) is 0 Å². The van der Waals surface area contributed by atoms with Gasteiger partial charge in [-0.25, -0.2) is 4.79 Å². The summed E-state index contributed by atoms with van der Waals surface area (Å²) in [6.07, 6.45) is 1.89. The number of carbonyl (C=O) groups excluding carboxylic acids is 1. The first kappa shape index (κ1) is 14.3. The predicted octanol–water partition coefficient (Wildman–Crippen LogP) is 2.29. The van der Waals surface area contributed by atoms with Crippen molar-refractivity contribution in [3.63, 3.8) is 0 Å². The van der Waals surface area contributed by atoms with Gasteiger partial charge in [-0.15, -0.1) is 0 Å². The Hall–Kier alpha value is -0.770. The molecule has 1 heterocycles. The standard InChI is InChI=1S/C13H26N2O2/c1-12(2,3)17-11(16)14-9-10-6-7-15-13(4,5)8-10/h10,15H,6-9H2,1-5H3,(H,14,16). The summed E-state index contributed by atoms with van der Waals surface area (Å²) in [6.45, 7) is 11.8. The molecule has 1 atom stereocenters. The fraction of sp³-hybridized carbons (Fsp3) is 0.923. The van der Waals surface area contributed by atoms with Crippen LogP contribution in [0.25, 0.3) is 0 Å². The highest BCUT2D eigenvalue weighted by atomic mass is 16.6. The van der Waals surface area contributed by atoms with Crippen LogP contribution >= 0.6 is 0 Å². The van der Waals surface area contributed by atoms with E-state index >= 15 is 0 Å². The van der Waals surface area contributed by atoms with E-state index in [2.05, 4.69) is 24.5 Å². The number of piperidine rings is 1. The van der Waals surface area contributed by atoms with Crippen LogP contribution in [0.2, 0.25) is 0 Å². The van der Waals surface area contributed by atoms with Gasteiger partial charge in [0.15, 0.2) is 0 Å². The Morgan fingerprint density at radius 3 is 2.65 bits per heavy atom. The van der Waals surface area contributed by atoms with Crippen molar-refractivity contribution in [2.24, 2.45) is 5.92 Å². The van der Waals surface area contributed by atoms with E-state index in [4.69, 9.17) is 4.74 Å². The van der Waals surface area contributed by atoms with Crippen molar-refractivity contribution >= 4 is 6.09 Å². The summed E-state index contributed by atoms with van der Waals surface area (Å²) in [7, 11) is 0. The van der Waals surface area contributed by atoms with Crippen molar-refractivity contribution in [1.29, 1.82) is 0 Å². The SMILES string of the molecule is CC1(C)CC(CNC(=O)OC(C)(C)C)CCN1. The molecule has 1 fully saturated rings. The molecule has 0 aromatic rings. The van der Waals surface area contributed by atoms with Gasteiger partial charge in [0.25, 0.3) is 0 Å². The molecule has 1 saturated heterocycles. The second-order valence-electron chi connectivity index (χ2n) is 6.55. The van der Waals surface area contributed by atoms with Crippen molar-refractivity contribution in [1.82, 2.24) is 10.6 Å². The molecule has 0 saturated carbocycles. The molecule has 17 heavy (non-hydrogen) atoms. The third-order valence-corrected chi connectivity index (χ3v) is 2.89. The topological polar surface area (TPSA) is 50.4 Å². The van der Waals surface area contributed by atoms with E-state index in [9.17, 15) is 4.79 Å². The molecular formula is C13H26N2O2. The Labute approximate surface area is 104 Å². The van der Waals surface area contributed by atoms with Crippen molar-refractivity contribution in [3.05, 3.63) is 0 Å². The zero-order valence-corrected chi connectivity index (χ0v) is 11.7. The minimum absolute atomic E-state index is 0.179. The van der Waals surface area contributed by atoms with E-state index in [-0.39, 0.29) is 11.6 Å². The van der Waals surface area contributed by atoms with Crippen LogP contribution in [0.1, 0.15) is 47.5 Å². The Morgan fingerprint density at radius 1 is 1.47 bits per heavy atom. The van der Waals surface area contributed by atoms with Crippen LogP contribution in [0.15, 0.2) is 0 Å². The third-order valence-electron chi connectivity index (χ3n) is 2.89. The van der Waals surface area contributed by atoms with E-state index in [1.54, 1.807) is 0 Å². The zero-order valence-electron chi connectivity index (χ0n) is 11.7. The molecule has 1 rings (SSSR count). The Kier molecular flexibility index (Phi) is 4.42. The summed E-state index contributed by atoms with van der Waals surface area (Å²) in [5.41, 5.74) is -0.240. The van der Waals surface area contributed by atoms with Gasteiger partial charge in [0.05, 0.1) is 0 Å². The molecule has 100 valence electrons. The van der Waals surface area contributed by atoms with E-state index in [0.29, 0.717) is 12.5 Å². The second-order valence-corrected chi connectivity index (χ2v) is 6.55. The number of alkyl carbamates (subject to hydrolysis) is 1. The third kappa shape index (κ3) is 5.91. The summed E-state index contributed by atoms with van der Waals surface area (Å²) in [4.78, 5) is 11.5. The van der Waals surface area contributed by atoms with Gasteiger partial charge < -0.3 is 15.4 Å². The van der Waals surface area contributed by atoms with Gasteiger partial charge >= 0.3 is 6.09 Å². The van der Waals surface area contributed by atoms with Gasteiger partial charge in [-0.05, 0) is 59.9 Å². The van der Waals surface area contributed by atoms with E-state index < -0.39 is 5.60 Å². The first-order valence-corrected chi connectivity index (χ1v) is 6.40. The minimum Gasteiger partial charge on any atom is -0.444 e. The largest absolute Gasteiger partial charge is 0.444 e. The molecular weight excluding hydrogens is 216 g/mol. The summed E-state index contributed by atoms with van der Waals surface area (Å²) >= 11 is 0. The summed E-state index contributed by atoms with van der Waals surface area (Å²) in [5.74, 6) is 0.541. The highest BCUT2D eigenvalue weighted by Crippen LogP contribution is 2.23. The number of hydrogen-bond donors (Lipinski definition) is 2. The Balaban J connectivity index is 2.29. The van der Waals surface area contributed by atoms with Crippen LogP contribution in [-0.4, -0.2) is 30.3 Å². The number of carbonyl (C=O) groups is 1. The lowest BCUT2D eigenvalue weighted by atomic mass is 9.84. The minimum atomic E-state index is -0.419. The quantitative estimate of drug-likeness (QED) is 0.781. The predicted molar refractivity (Wildman–Crippen MR) is 69.0 cm³/mol. The number of ether oxygens (including phenoxy) is 1. The second kappa shape index (κ2) is 5.25. The maximum atomic E-state index is 11.5. The van der Waals surface area contributed by atoms with Crippen LogP contribution in [0.5, 0.6) is 0 Å². The lowest BCUT2D eigenvalue weighted by Crippen LogP contribution is -2.48. The van der Waals surface area contributed by atoms with Gasteiger partial charge in [-0.3, -0.25) is 0 Å². The molecule has 0 aliphatic carbocycles. The van der Waals surface area contributed by atoms with E-state index in [1.165, 1.54) is 0 Å². The molecule has 2 N–H and O–H groups in total. The lowest BCUT2D eigenvalue weighted by molar-refractivity contribution is 0.0510. The van der Waals surface area contributed by atoms with Crippen molar-refractivity contribution in [2.75, 3.05) is 13.1 Å². The first-order chi connectivity index (χ1) is 7.68. The van der Waals surface area contributed by atoms with Gasteiger partial charge in [0.2, 0.25) is 0 Å². The Bertz CT molecular complexity index is 269. The van der Waals surface area contributed by atoms with Crippen LogP contribution in [-0.2, 0) is 4.74 Å². The van der Waals surface area contributed by atoms with Gasteiger partial charge in [0, 0.05) is 12.1 Å². The van der Waals surface area contributed by atoms with Crippen molar-refractivity contribution in [3.8, 4) is 0 Å². The van der Waals surface area contributed by atoms with Gasteiger partial charge in [-0.2, -0.15) is 0 Å². The monoisotopic (exact) mass is 242 g/mol. The van der Waals surface area contributed by atoms with Crippen LogP contribution in [0.4, 0.5) is 4.79 Å². The molecule has 0 bridgehead atoms. The fourth-order valence-electron chi connectivity index (χ4n) is 2.23. The first-order valence-electron chi connectivity index (χ1n) is 6.40. The van der Waals surface area contributed by atoms with Gasteiger partial charge in [0.1, 0.15) is 5.60 Å². The maximum Gasteiger partial charge on any atom is 0.407 e. The summed E-state index contributed by atoms with van der Waals surface area (Å²) in [5, 5.41) is 6.33. The lowest BCUT2D eigenvalue weighted by Gasteiger charge is -2.36. The van der Waals surface area contributed by atoms with Crippen LogP contribution in [0, 0.1) is 5.92 Å². The van der Waals surface area contributed by atoms with E-state index in [0.717, 1.165) is 19.4 Å².